The minimum absolute atomic E-state index is 1.18. The number of rotatable bonds is 3. The van der Waals surface area contributed by atoms with Crippen molar-refractivity contribution in [3.05, 3.63) is 158 Å². The molecule has 0 aliphatic heterocycles. The molecule has 3 aromatic heterocycles. The maximum atomic E-state index is 2.45. The predicted octanol–water partition coefficient (Wildman–Crippen LogP) is 11.9. The normalized spacial score (nSPS) is 12.0. The number of hydrogen-bond donors (Lipinski definition) is 0. The Kier molecular flexibility index (Phi) is 5.19. The average molecular weight is 591 g/mol. The Morgan fingerprint density at radius 3 is 1.71 bits per heavy atom. The number of para-hydroxylation sites is 4. The number of aromatic nitrogens is 2. The molecule has 0 radical (unpaired) electrons. The Morgan fingerprint density at radius 1 is 0.400 bits per heavy atom. The van der Waals surface area contributed by atoms with Crippen LogP contribution in [0.1, 0.15) is 0 Å². The largest absolute Gasteiger partial charge is 0.309 e. The minimum Gasteiger partial charge on any atom is -0.309 e. The highest BCUT2D eigenvalue weighted by molar-refractivity contribution is 7.26. The molecule has 3 heteroatoms. The van der Waals surface area contributed by atoms with Gasteiger partial charge >= 0.3 is 0 Å². The Balaban J connectivity index is 1.24. The molecular formula is C42H26N2S. The number of nitrogens with zero attached hydrogens (tertiary/aromatic N) is 2. The van der Waals surface area contributed by atoms with Crippen molar-refractivity contribution in [1.29, 1.82) is 0 Å². The van der Waals surface area contributed by atoms with Crippen LogP contribution < -0.4 is 0 Å². The fraction of sp³-hybridized carbons (Fsp3) is 0. The van der Waals surface area contributed by atoms with Crippen molar-refractivity contribution in [2.24, 2.45) is 0 Å². The molecule has 2 nitrogen and oxygen atoms in total. The lowest BCUT2D eigenvalue weighted by molar-refractivity contribution is 1.18. The van der Waals surface area contributed by atoms with Gasteiger partial charge in [-0.05, 0) is 65.7 Å². The third kappa shape index (κ3) is 3.50. The molecule has 0 spiro atoms. The third-order valence-corrected chi connectivity index (χ3v) is 10.5. The van der Waals surface area contributed by atoms with E-state index in [2.05, 4.69) is 167 Å². The second-order valence-electron chi connectivity index (χ2n) is 11.7. The van der Waals surface area contributed by atoms with Crippen LogP contribution in [0.2, 0.25) is 0 Å². The van der Waals surface area contributed by atoms with Crippen LogP contribution >= 0.6 is 11.3 Å². The fourth-order valence-electron chi connectivity index (χ4n) is 7.43. The van der Waals surface area contributed by atoms with Gasteiger partial charge in [-0.15, -0.1) is 11.3 Å². The van der Waals surface area contributed by atoms with E-state index in [1.807, 2.05) is 11.3 Å². The lowest BCUT2D eigenvalue weighted by Crippen LogP contribution is -1.93. The number of thiophene rings is 1. The van der Waals surface area contributed by atoms with Crippen LogP contribution in [0.4, 0.5) is 0 Å². The van der Waals surface area contributed by atoms with Crippen LogP contribution in [0.3, 0.4) is 0 Å². The van der Waals surface area contributed by atoms with E-state index in [0.717, 1.165) is 0 Å². The fourth-order valence-corrected chi connectivity index (χ4v) is 8.66. The zero-order valence-corrected chi connectivity index (χ0v) is 25.1. The van der Waals surface area contributed by atoms with Gasteiger partial charge in [0.1, 0.15) is 0 Å². The van der Waals surface area contributed by atoms with Gasteiger partial charge in [-0.2, -0.15) is 0 Å². The van der Waals surface area contributed by atoms with Gasteiger partial charge in [-0.1, -0.05) is 103 Å². The minimum atomic E-state index is 1.18. The SMILES string of the molecule is c1ccc(-n2c3ccccc3c3cc(-c4cccc5sc6c(-n7c8ccccc8c8ccccc87)cccc6c45)ccc32)cc1. The molecule has 0 unspecified atom stereocenters. The van der Waals surface area contributed by atoms with E-state index in [1.165, 1.54) is 86.3 Å². The Hall–Kier alpha value is -5.64. The zero-order valence-electron chi connectivity index (χ0n) is 24.3. The first kappa shape index (κ1) is 24.8. The van der Waals surface area contributed by atoms with E-state index < -0.39 is 0 Å². The van der Waals surface area contributed by atoms with Gasteiger partial charge in [0.2, 0.25) is 0 Å². The highest BCUT2D eigenvalue weighted by atomic mass is 32.1. The molecule has 0 atom stereocenters. The molecular weight excluding hydrogens is 565 g/mol. The van der Waals surface area contributed by atoms with E-state index in [-0.39, 0.29) is 0 Å². The quantitative estimate of drug-likeness (QED) is 0.194. The summed E-state index contributed by atoms with van der Waals surface area (Å²) in [7, 11) is 0. The lowest BCUT2D eigenvalue weighted by Gasteiger charge is -2.10. The summed E-state index contributed by atoms with van der Waals surface area (Å²) in [6.45, 7) is 0. The van der Waals surface area contributed by atoms with Crippen molar-refractivity contribution in [2.75, 3.05) is 0 Å². The maximum absolute atomic E-state index is 2.45. The Bertz CT molecular complexity index is 2710. The third-order valence-electron chi connectivity index (χ3n) is 9.32. The van der Waals surface area contributed by atoms with Gasteiger partial charge in [-0.3, -0.25) is 0 Å². The van der Waals surface area contributed by atoms with Crippen molar-refractivity contribution in [3.8, 4) is 22.5 Å². The van der Waals surface area contributed by atoms with E-state index in [1.54, 1.807) is 0 Å². The summed E-state index contributed by atoms with van der Waals surface area (Å²) < 4.78 is 7.45. The molecule has 0 saturated heterocycles. The molecule has 3 heterocycles. The molecule has 0 saturated carbocycles. The molecule has 0 amide bonds. The Labute approximate surface area is 263 Å². The van der Waals surface area contributed by atoms with Gasteiger partial charge in [-0.25, -0.2) is 0 Å². The van der Waals surface area contributed by atoms with E-state index in [0.29, 0.717) is 0 Å². The van der Waals surface area contributed by atoms with Crippen LogP contribution in [-0.2, 0) is 0 Å². The summed E-state index contributed by atoms with van der Waals surface area (Å²) in [4.78, 5) is 0. The number of hydrogen-bond acceptors (Lipinski definition) is 1. The van der Waals surface area contributed by atoms with Gasteiger partial charge in [0, 0.05) is 42.7 Å². The van der Waals surface area contributed by atoms with Crippen LogP contribution in [0, 0.1) is 0 Å². The molecule has 0 aliphatic carbocycles. The van der Waals surface area contributed by atoms with Crippen molar-refractivity contribution >= 4 is 75.1 Å². The number of fused-ring (bicyclic) bond motifs is 9. The number of benzene rings is 7. The second kappa shape index (κ2) is 9.43. The van der Waals surface area contributed by atoms with Crippen LogP contribution in [0.15, 0.2) is 158 Å². The molecule has 210 valence electrons. The van der Waals surface area contributed by atoms with Crippen molar-refractivity contribution < 1.29 is 0 Å². The van der Waals surface area contributed by atoms with Crippen LogP contribution in [0.25, 0.3) is 86.3 Å². The van der Waals surface area contributed by atoms with Crippen molar-refractivity contribution in [3.63, 3.8) is 0 Å². The topological polar surface area (TPSA) is 9.86 Å². The summed E-state index contributed by atoms with van der Waals surface area (Å²) in [6, 6.07) is 57.5. The van der Waals surface area contributed by atoms with Gasteiger partial charge in [0.25, 0.3) is 0 Å². The molecule has 7 aromatic carbocycles. The first-order valence-electron chi connectivity index (χ1n) is 15.4. The van der Waals surface area contributed by atoms with E-state index in [4.69, 9.17) is 0 Å². The highest BCUT2D eigenvalue weighted by Crippen LogP contribution is 2.45. The second-order valence-corrected chi connectivity index (χ2v) is 12.8. The molecule has 10 rings (SSSR count). The summed E-state index contributed by atoms with van der Waals surface area (Å²) in [5.41, 5.74) is 9.86. The summed E-state index contributed by atoms with van der Waals surface area (Å²) >= 11 is 1.90. The molecule has 0 aliphatic rings. The first-order chi connectivity index (χ1) is 22.3. The first-order valence-corrected chi connectivity index (χ1v) is 16.2. The van der Waals surface area contributed by atoms with Crippen molar-refractivity contribution in [1.82, 2.24) is 9.13 Å². The summed E-state index contributed by atoms with van der Waals surface area (Å²) in [5, 5.41) is 7.75. The van der Waals surface area contributed by atoms with Crippen LogP contribution in [0.5, 0.6) is 0 Å². The monoisotopic (exact) mass is 590 g/mol. The average Bonchev–Trinajstić information content (AvgIpc) is 3.76. The van der Waals surface area contributed by atoms with Crippen LogP contribution in [-0.4, -0.2) is 9.13 Å². The standard InChI is InChI=1S/C42H26N2S/c1-2-12-28(13-3-1)43-35-19-7-6-16-32(35)34-26-27(24-25-38(34)43)29-17-11-23-40-41(29)33-18-10-22-39(42(33)45-40)44-36-20-8-4-14-30(36)31-15-5-9-21-37(31)44/h1-26H. The molecule has 0 bridgehead atoms. The zero-order chi connectivity index (χ0) is 29.5. The summed E-state index contributed by atoms with van der Waals surface area (Å²) in [5.74, 6) is 0. The van der Waals surface area contributed by atoms with Crippen molar-refractivity contribution in [2.45, 2.75) is 0 Å². The molecule has 0 N–H and O–H groups in total. The smallest absolute Gasteiger partial charge is 0.0640 e. The molecule has 10 aromatic rings. The summed E-state index contributed by atoms with van der Waals surface area (Å²) in [6.07, 6.45) is 0. The molecule has 0 fully saturated rings. The Morgan fingerprint density at radius 2 is 0.978 bits per heavy atom. The van der Waals surface area contributed by atoms with Gasteiger partial charge in [0.05, 0.1) is 32.5 Å². The highest BCUT2D eigenvalue weighted by Gasteiger charge is 2.19. The van der Waals surface area contributed by atoms with Gasteiger partial charge < -0.3 is 9.13 Å². The van der Waals surface area contributed by atoms with E-state index in [9.17, 15) is 0 Å². The maximum Gasteiger partial charge on any atom is 0.0640 e. The van der Waals surface area contributed by atoms with Gasteiger partial charge in [0.15, 0.2) is 0 Å². The predicted molar refractivity (Wildman–Crippen MR) is 193 cm³/mol. The van der Waals surface area contributed by atoms with E-state index >= 15 is 0 Å². The molecule has 45 heavy (non-hydrogen) atoms. The lowest BCUT2D eigenvalue weighted by atomic mass is 9.97.